The van der Waals surface area contributed by atoms with E-state index < -0.39 is 0 Å². The van der Waals surface area contributed by atoms with E-state index in [4.69, 9.17) is 0 Å². The Morgan fingerprint density at radius 1 is 1.35 bits per heavy atom. The van der Waals surface area contributed by atoms with Crippen LogP contribution in [0.1, 0.15) is 38.4 Å². The van der Waals surface area contributed by atoms with Gasteiger partial charge in [-0.1, -0.05) is 20.8 Å². The van der Waals surface area contributed by atoms with Crippen molar-refractivity contribution in [2.45, 2.75) is 45.7 Å². The van der Waals surface area contributed by atoms with Crippen LogP contribution in [-0.4, -0.2) is 26.3 Å². The third kappa shape index (κ3) is 4.65. The first-order chi connectivity index (χ1) is 9.07. The van der Waals surface area contributed by atoms with Gasteiger partial charge in [-0.3, -0.25) is 5.10 Å². The summed E-state index contributed by atoms with van der Waals surface area (Å²) in [5, 5.41) is 10.7. The molecule has 20 heavy (non-hydrogen) atoms. The topological polar surface area (TPSA) is 58.5 Å². The molecule has 0 radical (unpaired) electrons. The van der Waals surface area contributed by atoms with E-state index >= 15 is 0 Å². The fourth-order valence-corrected chi connectivity index (χ4v) is 2.12. The van der Waals surface area contributed by atoms with Crippen molar-refractivity contribution in [2.24, 2.45) is 0 Å². The first-order valence-electron chi connectivity index (χ1n) is 6.76. The molecule has 0 atom stereocenters. The van der Waals surface area contributed by atoms with Crippen LogP contribution < -0.4 is 5.32 Å². The number of aromatic nitrogens is 4. The average Bonchev–Trinajstić information content (AvgIpc) is 2.97. The number of rotatable bonds is 6. The summed E-state index contributed by atoms with van der Waals surface area (Å²) in [6.07, 6.45) is 8.68. The molecule has 0 aliphatic heterocycles. The molecule has 112 valence electrons. The van der Waals surface area contributed by atoms with Crippen molar-refractivity contribution >= 4 is 12.4 Å². The van der Waals surface area contributed by atoms with Crippen molar-refractivity contribution in [3.63, 3.8) is 0 Å². The highest BCUT2D eigenvalue weighted by Gasteiger charge is 2.19. The van der Waals surface area contributed by atoms with Gasteiger partial charge < -0.3 is 9.88 Å². The molecule has 0 saturated carbocycles. The molecule has 5 nitrogen and oxygen atoms in total. The summed E-state index contributed by atoms with van der Waals surface area (Å²) in [5.74, 6) is 0. The number of aryl methyl sites for hydroxylation is 1. The summed E-state index contributed by atoms with van der Waals surface area (Å²) in [4.78, 5) is 4.03. The van der Waals surface area contributed by atoms with Gasteiger partial charge in [-0.15, -0.1) is 12.4 Å². The quantitative estimate of drug-likeness (QED) is 0.806. The van der Waals surface area contributed by atoms with Crippen LogP contribution in [0.25, 0.3) is 0 Å². The zero-order valence-corrected chi connectivity index (χ0v) is 13.2. The van der Waals surface area contributed by atoms with Gasteiger partial charge in [-0.25, -0.2) is 4.98 Å². The van der Waals surface area contributed by atoms with Crippen molar-refractivity contribution in [1.29, 1.82) is 0 Å². The summed E-state index contributed by atoms with van der Waals surface area (Å²) < 4.78 is 2.10. The minimum absolute atomic E-state index is 0. The predicted octanol–water partition coefficient (Wildman–Crippen LogP) is 2.51. The van der Waals surface area contributed by atoms with E-state index in [0.29, 0.717) is 0 Å². The van der Waals surface area contributed by atoms with Crippen LogP contribution in [0, 0.1) is 0 Å². The molecule has 0 unspecified atom stereocenters. The number of hydrogen-bond acceptors (Lipinski definition) is 3. The third-order valence-corrected chi connectivity index (χ3v) is 3.11. The maximum Gasteiger partial charge on any atom is 0.0945 e. The zero-order chi connectivity index (χ0) is 13.7. The maximum absolute atomic E-state index is 4.15. The van der Waals surface area contributed by atoms with E-state index in [-0.39, 0.29) is 17.8 Å². The van der Waals surface area contributed by atoms with Crippen LogP contribution in [0.4, 0.5) is 0 Å². The van der Waals surface area contributed by atoms with Gasteiger partial charge in [0, 0.05) is 42.2 Å². The van der Waals surface area contributed by atoms with E-state index in [9.17, 15) is 0 Å². The van der Waals surface area contributed by atoms with Crippen LogP contribution in [-0.2, 0) is 18.5 Å². The molecule has 2 aromatic rings. The first kappa shape index (κ1) is 16.7. The van der Waals surface area contributed by atoms with Gasteiger partial charge in [-0.2, -0.15) is 5.10 Å². The van der Waals surface area contributed by atoms with Crippen molar-refractivity contribution in [3.8, 4) is 0 Å². The van der Waals surface area contributed by atoms with Gasteiger partial charge in [0.25, 0.3) is 0 Å². The van der Waals surface area contributed by atoms with Crippen LogP contribution in [0.15, 0.2) is 24.9 Å². The van der Waals surface area contributed by atoms with Crippen molar-refractivity contribution in [2.75, 3.05) is 6.54 Å². The van der Waals surface area contributed by atoms with Crippen LogP contribution in [0.5, 0.6) is 0 Å². The van der Waals surface area contributed by atoms with Crippen molar-refractivity contribution < 1.29 is 0 Å². The minimum atomic E-state index is 0. The number of nitrogens with one attached hydrogen (secondary N) is 2. The molecule has 0 bridgehead atoms. The monoisotopic (exact) mass is 297 g/mol. The molecule has 2 heterocycles. The largest absolute Gasteiger partial charge is 0.337 e. The van der Waals surface area contributed by atoms with Gasteiger partial charge in [0.2, 0.25) is 0 Å². The van der Waals surface area contributed by atoms with Gasteiger partial charge in [-0.05, 0) is 13.0 Å². The third-order valence-electron chi connectivity index (χ3n) is 3.11. The van der Waals surface area contributed by atoms with Gasteiger partial charge in [0.15, 0.2) is 0 Å². The number of aromatic amines is 1. The van der Waals surface area contributed by atoms with E-state index in [2.05, 4.69) is 45.8 Å². The fraction of sp³-hybridized carbons (Fsp3) is 0.571. The molecule has 0 fully saturated rings. The Kier molecular flexibility index (Phi) is 6.23. The van der Waals surface area contributed by atoms with Crippen molar-refractivity contribution in [3.05, 3.63) is 36.2 Å². The normalized spacial score (nSPS) is 11.3. The fourth-order valence-electron chi connectivity index (χ4n) is 2.12. The molecule has 2 rings (SSSR count). The smallest absolute Gasteiger partial charge is 0.0945 e. The molecule has 0 amide bonds. The maximum atomic E-state index is 4.15. The average molecular weight is 298 g/mol. The van der Waals surface area contributed by atoms with E-state index in [0.717, 1.165) is 26.1 Å². The molecule has 2 N–H and O–H groups in total. The summed E-state index contributed by atoms with van der Waals surface area (Å²) in [6.45, 7) is 9.46. The van der Waals surface area contributed by atoms with Crippen LogP contribution in [0.2, 0.25) is 0 Å². The lowest BCUT2D eigenvalue weighted by molar-refractivity contribution is 0.545. The van der Waals surface area contributed by atoms with Gasteiger partial charge in [0.1, 0.15) is 0 Å². The lowest BCUT2D eigenvalue weighted by atomic mass is 9.89. The highest BCUT2D eigenvalue weighted by atomic mass is 35.5. The molecule has 0 aromatic carbocycles. The van der Waals surface area contributed by atoms with Crippen molar-refractivity contribution in [1.82, 2.24) is 25.1 Å². The second-order valence-corrected chi connectivity index (χ2v) is 5.85. The molecule has 0 saturated heterocycles. The Bertz CT molecular complexity index is 484. The highest BCUT2D eigenvalue weighted by Crippen LogP contribution is 2.23. The Labute approximate surface area is 126 Å². The van der Waals surface area contributed by atoms with Crippen LogP contribution in [0.3, 0.4) is 0 Å². The predicted molar refractivity (Wildman–Crippen MR) is 83.1 cm³/mol. The molecular weight excluding hydrogens is 274 g/mol. The van der Waals surface area contributed by atoms with E-state index in [1.807, 2.05) is 24.9 Å². The number of hydrogen-bond donors (Lipinski definition) is 2. The molecular formula is C14H24ClN5. The Hall–Kier alpha value is -1.33. The molecule has 0 spiro atoms. The Morgan fingerprint density at radius 2 is 2.15 bits per heavy atom. The summed E-state index contributed by atoms with van der Waals surface area (Å²) in [6, 6.07) is 0. The van der Waals surface area contributed by atoms with E-state index in [1.54, 1.807) is 0 Å². The molecule has 2 aromatic heterocycles. The molecule has 0 aliphatic rings. The SMILES string of the molecule is CC(C)(C)c1[nH]ncc1CNCCCn1ccnc1.Cl. The second kappa shape index (κ2) is 7.45. The lowest BCUT2D eigenvalue weighted by Gasteiger charge is -2.18. The summed E-state index contributed by atoms with van der Waals surface area (Å²) in [5.41, 5.74) is 2.59. The number of imidazole rings is 1. The molecule has 6 heteroatoms. The first-order valence-corrected chi connectivity index (χ1v) is 6.76. The van der Waals surface area contributed by atoms with Gasteiger partial charge >= 0.3 is 0 Å². The Morgan fingerprint density at radius 3 is 2.80 bits per heavy atom. The highest BCUT2D eigenvalue weighted by molar-refractivity contribution is 5.85. The zero-order valence-electron chi connectivity index (χ0n) is 12.4. The standard InChI is InChI=1S/C14H23N5.ClH/c1-14(2,3)13-12(10-17-18-13)9-15-5-4-7-19-8-6-16-11-19;/h6,8,10-11,15H,4-5,7,9H2,1-3H3,(H,17,18);1H. The second-order valence-electron chi connectivity index (χ2n) is 5.85. The number of nitrogens with zero attached hydrogens (tertiary/aromatic N) is 3. The van der Waals surface area contributed by atoms with E-state index in [1.165, 1.54) is 11.3 Å². The number of halogens is 1. The minimum Gasteiger partial charge on any atom is -0.337 e. The Balaban J connectivity index is 0.00000200. The molecule has 0 aliphatic carbocycles. The summed E-state index contributed by atoms with van der Waals surface area (Å²) in [7, 11) is 0. The number of H-pyrrole nitrogens is 1. The van der Waals surface area contributed by atoms with Gasteiger partial charge in [0.05, 0.1) is 12.5 Å². The van der Waals surface area contributed by atoms with Crippen LogP contribution >= 0.6 is 12.4 Å². The summed E-state index contributed by atoms with van der Waals surface area (Å²) >= 11 is 0. The lowest BCUT2D eigenvalue weighted by Crippen LogP contribution is -2.20.